The van der Waals surface area contributed by atoms with Crippen LogP contribution < -0.4 is 10.2 Å². The predicted molar refractivity (Wildman–Crippen MR) is 57.0 cm³/mol. The van der Waals surface area contributed by atoms with Gasteiger partial charge in [-0.3, -0.25) is 0 Å². The summed E-state index contributed by atoms with van der Waals surface area (Å²) in [4.78, 5) is 0. The Hall–Kier alpha value is -0.705. The summed E-state index contributed by atoms with van der Waals surface area (Å²) in [7, 11) is -1.55. The van der Waals surface area contributed by atoms with Crippen molar-refractivity contribution >= 4 is 24.2 Å². The van der Waals surface area contributed by atoms with Crippen molar-refractivity contribution < 1.29 is 14.8 Å². The Kier molecular flexibility index (Phi) is 3.81. The van der Waals surface area contributed by atoms with Crippen LogP contribution in [0.1, 0.15) is 13.8 Å². The van der Waals surface area contributed by atoms with Gasteiger partial charge in [-0.15, -0.1) is 0 Å². The Morgan fingerprint density at radius 1 is 1.36 bits per heavy atom. The second kappa shape index (κ2) is 4.69. The molecule has 0 bridgehead atoms. The van der Waals surface area contributed by atoms with E-state index in [1.807, 2.05) is 13.8 Å². The van der Waals surface area contributed by atoms with Crippen molar-refractivity contribution in [2.45, 2.75) is 20.0 Å². The highest BCUT2D eigenvalue weighted by molar-refractivity contribution is 6.62. The Morgan fingerprint density at radius 2 is 2.00 bits per heavy atom. The van der Waals surface area contributed by atoms with E-state index < -0.39 is 7.12 Å². The minimum Gasteiger partial charge on any atom is -0.491 e. The summed E-state index contributed by atoms with van der Waals surface area (Å²) in [5.74, 6) is 0.620. The van der Waals surface area contributed by atoms with Crippen LogP contribution in [0.2, 0.25) is 5.02 Å². The van der Waals surface area contributed by atoms with E-state index in [1.165, 1.54) is 6.07 Å². The topological polar surface area (TPSA) is 49.7 Å². The molecule has 0 saturated carbocycles. The fourth-order valence-corrected chi connectivity index (χ4v) is 1.33. The van der Waals surface area contributed by atoms with Gasteiger partial charge in [0.25, 0.3) is 0 Å². The third kappa shape index (κ3) is 2.91. The predicted octanol–water partition coefficient (Wildman–Crippen LogP) is 0.807. The quantitative estimate of drug-likeness (QED) is 0.732. The van der Waals surface area contributed by atoms with Crippen molar-refractivity contribution in [1.29, 1.82) is 0 Å². The molecule has 1 aromatic carbocycles. The maximum Gasteiger partial charge on any atom is 0.489 e. The van der Waals surface area contributed by atoms with E-state index >= 15 is 0 Å². The Labute approximate surface area is 88.4 Å². The first-order valence-corrected chi connectivity index (χ1v) is 4.70. The van der Waals surface area contributed by atoms with Crippen LogP contribution in [0, 0.1) is 0 Å². The summed E-state index contributed by atoms with van der Waals surface area (Å²) >= 11 is 5.81. The smallest absolute Gasteiger partial charge is 0.489 e. The normalized spacial score (nSPS) is 10.4. The Bertz CT molecular complexity index is 315. The van der Waals surface area contributed by atoms with E-state index in [1.54, 1.807) is 12.1 Å². The van der Waals surface area contributed by atoms with Crippen LogP contribution in [0.25, 0.3) is 0 Å². The van der Waals surface area contributed by atoms with Gasteiger partial charge in [-0.2, -0.15) is 0 Å². The molecule has 0 radical (unpaired) electrons. The summed E-state index contributed by atoms with van der Waals surface area (Å²) in [5, 5.41) is 18.1. The van der Waals surface area contributed by atoms with Crippen molar-refractivity contribution in [2.75, 3.05) is 0 Å². The van der Waals surface area contributed by atoms with Gasteiger partial charge in [0.1, 0.15) is 5.75 Å². The van der Waals surface area contributed by atoms with Gasteiger partial charge in [-0.1, -0.05) is 17.7 Å². The molecule has 0 aromatic heterocycles. The average molecular weight is 214 g/mol. The molecular formula is C9H12BClO3. The van der Waals surface area contributed by atoms with E-state index in [0.29, 0.717) is 5.75 Å². The van der Waals surface area contributed by atoms with Crippen LogP contribution in [0.15, 0.2) is 18.2 Å². The van der Waals surface area contributed by atoms with Gasteiger partial charge in [-0.05, 0) is 26.0 Å². The number of hydrogen-bond donors (Lipinski definition) is 2. The minimum atomic E-state index is -1.55. The molecular weight excluding hydrogens is 202 g/mol. The molecule has 2 N–H and O–H groups in total. The highest BCUT2D eigenvalue weighted by Crippen LogP contribution is 2.17. The van der Waals surface area contributed by atoms with E-state index in [0.717, 1.165) is 0 Å². The summed E-state index contributed by atoms with van der Waals surface area (Å²) in [6.07, 6.45) is 0.0657. The molecule has 1 aromatic rings. The molecule has 0 aliphatic rings. The zero-order chi connectivity index (χ0) is 10.7. The zero-order valence-electron chi connectivity index (χ0n) is 8.07. The molecule has 0 fully saturated rings. The molecule has 0 amide bonds. The summed E-state index contributed by atoms with van der Waals surface area (Å²) < 4.78 is 5.38. The maximum absolute atomic E-state index is 8.91. The molecule has 0 aliphatic carbocycles. The first-order chi connectivity index (χ1) is 6.50. The van der Waals surface area contributed by atoms with Crippen molar-refractivity contribution in [1.82, 2.24) is 0 Å². The second-order valence-electron chi connectivity index (χ2n) is 3.22. The second-order valence-corrected chi connectivity index (χ2v) is 3.63. The SMILES string of the molecule is CC(C)Oc1ccc(B(O)O)c(Cl)c1. The van der Waals surface area contributed by atoms with Gasteiger partial charge >= 0.3 is 7.12 Å². The van der Waals surface area contributed by atoms with Crippen LogP contribution in [-0.4, -0.2) is 23.3 Å². The average Bonchev–Trinajstić information content (AvgIpc) is 2.01. The number of rotatable bonds is 3. The number of benzene rings is 1. The van der Waals surface area contributed by atoms with Crippen molar-refractivity contribution in [3.8, 4) is 5.75 Å². The molecule has 3 nitrogen and oxygen atoms in total. The molecule has 76 valence electrons. The molecule has 0 saturated heterocycles. The van der Waals surface area contributed by atoms with Gasteiger partial charge in [-0.25, -0.2) is 0 Å². The van der Waals surface area contributed by atoms with Gasteiger partial charge < -0.3 is 14.8 Å². The van der Waals surface area contributed by atoms with E-state index in [4.69, 9.17) is 26.4 Å². The lowest BCUT2D eigenvalue weighted by Crippen LogP contribution is -2.30. The van der Waals surface area contributed by atoms with Gasteiger partial charge in [0.15, 0.2) is 0 Å². The number of halogens is 1. The molecule has 0 heterocycles. The van der Waals surface area contributed by atoms with Crippen molar-refractivity contribution in [2.24, 2.45) is 0 Å². The highest BCUT2D eigenvalue weighted by Gasteiger charge is 2.15. The minimum absolute atomic E-state index is 0.0657. The molecule has 0 unspecified atom stereocenters. The molecule has 5 heteroatoms. The van der Waals surface area contributed by atoms with Crippen LogP contribution in [0.3, 0.4) is 0 Å². The first kappa shape index (κ1) is 11.4. The van der Waals surface area contributed by atoms with Gasteiger partial charge in [0, 0.05) is 10.5 Å². The molecule has 0 spiro atoms. The standard InChI is InChI=1S/C9H12BClO3/c1-6(2)14-7-3-4-8(10(12)13)9(11)5-7/h3-6,12-13H,1-2H3. The Morgan fingerprint density at radius 3 is 2.43 bits per heavy atom. The highest BCUT2D eigenvalue weighted by atomic mass is 35.5. The maximum atomic E-state index is 8.91. The summed E-state index contributed by atoms with van der Waals surface area (Å²) in [6, 6.07) is 4.75. The van der Waals surface area contributed by atoms with Crippen LogP contribution in [-0.2, 0) is 0 Å². The number of hydrogen-bond acceptors (Lipinski definition) is 3. The number of ether oxygens (including phenoxy) is 1. The lowest BCUT2D eigenvalue weighted by molar-refractivity contribution is 0.242. The van der Waals surface area contributed by atoms with E-state index in [2.05, 4.69) is 0 Å². The largest absolute Gasteiger partial charge is 0.491 e. The van der Waals surface area contributed by atoms with Crippen LogP contribution >= 0.6 is 11.6 Å². The van der Waals surface area contributed by atoms with Gasteiger partial charge in [0.2, 0.25) is 0 Å². The Balaban J connectivity index is 2.89. The van der Waals surface area contributed by atoms with Crippen molar-refractivity contribution in [3.63, 3.8) is 0 Å². The zero-order valence-corrected chi connectivity index (χ0v) is 8.82. The van der Waals surface area contributed by atoms with Crippen LogP contribution in [0.4, 0.5) is 0 Å². The van der Waals surface area contributed by atoms with Crippen molar-refractivity contribution in [3.05, 3.63) is 23.2 Å². The van der Waals surface area contributed by atoms with E-state index in [-0.39, 0.29) is 16.6 Å². The molecule has 0 atom stereocenters. The third-order valence-electron chi connectivity index (χ3n) is 1.62. The van der Waals surface area contributed by atoms with E-state index in [9.17, 15) is 0 Å². The van der Waals surface area contributed by atoms with Crippen LogP contribution in [0.5, 0.6) is 5.75 Å². The fraction of sp³-hybridized carbons (Fsp3) is 0.333. The fourth-order valence-electron chi connectivity index (χ4n) is 1.06. The summed E-state index contributed by atoms with van der Waals surface area (Å²) in [5.41, 5.74) is 0.280. The molecule has 1 rings (SSSR count). The first-order valence-electron chi connectivity index (χ1n) is 4.33. The lowest BCUT2D eigenvalue weighted by Gasteiger charge is -2.11. The summed E-state index contributed by atoms with van der Waals surface area (Å²) in [6.45, 7) is 3.81. The molecule has 14 heavy (non-hydrogen) atoms. The monoisotopic (exact) mass is 214 g/mol. The molecule has 0 aliphatic heterocycles. The third-order valence-corrected chi connectivity index (χ3v) is 1.95. The lowest BCUT2D eigenvalue weighted by atomic mass is 9.80. The van der Waals surface area contributed by atoms with Gasteiger partial charge in [0.05, 0.1) is 6.10 Å².